The maximum Gasteiger partial charge on any atom is 0.0433 e. The summed E-state index contributed by atoms with van der Waals surface area (Å²) in [5.41, 5.74) is 2.52. The minimum absolute atomic E-state index is 1.11. The molecule has 0 radical (unpaired) electrons. The van der Waals surface area contributed by atoms with Crippen LogP contribution < -0.4 is 0 Å². The second-order valence-corrected chi connectivity index (χ2v) is 7.95. The van der Waals surface area contributed by atoms with Crippen LogP contribution in [0.4, 0.5) is 0 Å². The summed E-state index contributed by atoms with van der Waals surface area (Å²) >= 11 is 5.40. The van der Waals surface area contributed by atoms with Gasteiger partial charge in [-0.15, -0.1) is 11.3 Å². The lowest BCUT2D eigenvalue weighted by Crippen LogP contribution is -1.77. The van der Waals surface area contributed by atoms with Crippen LogP contribution in [0.5, 0.6) is 0 Å². The Morgan fingerprint density at radius 1 is 0.625 bits per heavy atom. The Morgan fingerprint density at radius 3 is 2.25 bits per heavy atom. The van der Waals surface area contributed by atoms with Gasteiger partial charge in [-0.25, -0.2) is 0 Å². The molecule has 0 aliphatic rings. The molecular formula is C22H13BrS. The maximum absolute atomic E-state index is 3.51. The molecule has 4 aromatic carbocycles. The molecule has 0 unspecified atom stereocenters. The fourth-order valence-electron chi connectivity index (χ4n) is 3.33. The minimum atomic E-state index is 1.11. The van der Waals surface area contributed by atoms with E-state index in [4.69, 9.17) is 0 Å². The molecule has 5 rings (SSSR count). The van der Waals surface area contributed by atoms with Gasteiger partial charge in [0.15, 0.2) is 0 Å². The highest BCUT2D eigenvalue weighted by Crippen LogP contribution is 2.39. The largest absolute Gasteiger partial charge is 0.135 e. The molecule has 0 aliphatic heterocycles. The van der Waals surface area contributed by atoms with Gasteiger partial charge in [0, 0.05) is 24.6 Å². The number of fused-ring (bicyclic) bond motifs is 5. The predicted molar refractivity (Wildman–Crippen MR) is 110 cm³/mol. The van der Waals surface area contributed by atoms with Gasteiger partial charge in [0.2, 0.25) is 0 Å². The van der Waals surface area contributed by atoms with E-state index in [1.54, 1.807) is 0 Å². The lowest BCUT2D eigenvalue weighted by Gasteiger charge is -2.02. The summed E-state index contributed by atoms with van der Waals surface area (Å²) in [7, 11) is 0. The van der Waals surface area contributed by atoms with Gasteiger partial charge < -0.3 is 0 Å². The van der Waals surface area contributed by atoms with Gasteiger partial charge in [-0.2, -0.15) is 0 Å². The molecule has 1 heterocycles. The molecular weight excluding hydrogens is 376 g/mol. The first-order valence-electron chi connectivity index (χ1n) is 7.89. The van der Waals surface area contributed by atoms with Gasteiger partial charge in [0.25, 0.3) is 0 Å². The second-order valence-electron chi connectivity index (χ2n) is 5.98. The van der Waals surface area contributed by atoms with Crippen molar-refractivity contribution >= 4 is 58.2 Å². The molecule has 1 aromatic heterocycles. The Balaban J connectivity index is 1.79. The number of halogens is 1. The van der Waals surface area contributed by atoms with Crippen molar-refractivity contribution in [2.45, 2.75) is 0 Å². The topological polar surface area (TPSA) is 0 Å². The van der Waals surface area contributed by atoms with Crippen LogP contribution in [0.1, 0.15) is 0 Å². The number of hydrogen-bond donors (Lipinski definition) is 0. The highest BCUT2D eigenvalue weighted by molar-refractivity contribution is 9.10. The van der Waals surface area contributed by atoms with E-state index in [1.165, 1.54) is 42.1 Å². The quantitative estimate of drug-likeness (QED) is 0.276. The van der Waals surface area contributed by atoms with Crippen molar-refractivity contribution in [3.05, 3.63) is 83.3 Å². The van der Waals surface area contributed by atoms with Crippen molar-refractivity contribution in [2.75, 3.05) is 0 Å². The third-order valence-electron chi connectivity index (χ3n) is 4.54. The van der Waals surface area contributed by atoms with E-state index in [-0.39, 0.29) is 0 Å². The molecule has 0 amide bonds. The molecule has 114 valence electrons. The Labute approximate surface area is 152 Å². The third kappa shape index (κ3) is 2.18. The number of rotatable bonds is 1. The average Bonchev–Trinajstić information content (AvgIpc) is 3.00. The summed E-state index contributed by atoms with van der Waals surface area (Å²) in [4.78, 5) is 0. The van der Waals surface area contributed by atoms with Crippen LogP contribution in [0.25, 0.3) is 42.1 Å². The van der Waals surface area contributed by atoms with E-state index in [2.05, 4.69) is 94.8 Å². The normalized spacial score (nSPS) is 11.5. The summed E-state index contributed by atoms with van der Waals surface area (Å²) < 4.78 is 3.85. The van der Waals surface area contributed by atoms with Gasteiger partial charge in [-0.05, 0) is 40.1 Å². The highest BCUT2D eigenvalue weighted by atomic mass is 79.9. The van der Waals surface area contributed by atoms with Crippen LogP contribution in [0.3, 0.4) is 0 Å². The standard InChI is InChI=1S/C22H13BrS/c23-17-9-5-14(6-10-17)16-8-11-19-20-12-7-15-3-1-2-4-18(15)22(20)24-21(19)13-16/h1-13H. The average molecular weight is 389 g/mol. The smallest absolute Gasteiger partial charge is 0.0433 e. The minimum Gasteiger partial charge on any atom is -0.135 e. The predicted octanol–water partition coefficient (Wildman–Crippen LogP) is 7.64. The van der Waals surface area contributed by atoms with E-state index in [0.717, 1.165) is 4.47 Å². The molecule has 0 atom stereocenters. The fraction of sp³-hybridized carbons (Fsp3) is 0. The summed E-state index contributed by atoms with van der Waals surface area (Å²) in [6.07, 6.45) is 0. The first-order valence-corrected chi connectivity index (χ1v) is 9.50. The zero-order chi connectivity index (χ0) is 16.1. The molecule has 24 heavy (non-hydrogen) atoms. The van der Waals surface area contributed by atoms with Crippen LogP contribution in [-0.4, -0.2) is 0 Å². The van der Waals surface area contributed by atoms with Crippen molar-refractivity contribution in [1.29, 1.82) is 0 Å². The Bertz CT molecular complexity index is 1200. The van der Waals surface area contributed by atoms with Crippen LogP contribution in [0, 0.1) is 0 Å². The van der Waals surface area contributed by atoms with Crippen LogP contribution in [0.15, 0.2) is 83.3 Å². The molecule has 0 nitrogen and oxygen atoms in total. The number of hydrogen-bond acceptors (Lipinski definition) is 1. The molecule has 0 saturated heterocycles. The van der Waals surface area contributed by atoms with E-state index < -0.39 is 0 Å². The molecule has 0 spiro atoms. The summed E-state index contributed by atoms with van der Waals surface area (Å²) in [5.74, 6) is 0. The highest BCUT2D eigenvalue weighted by Gasteiger charge is 2.09. The molecule has 0 N–H and O–H groups in total. The van der Waals surface area contributed by atoms with Crippen molar-refractivity contribution < 1.29 is 0 Å². The zero-order valence-corrected chi connectivity index (χ0v) is 15.2. The summed E-state index contributed by atoms with van der Waals surface area (Å²) in [5, 5.41) is 5.36. The van der Waals surface area contributed by atoms with E-state index in [1.807, 2.05) is 11.3 Å². The summed E-state index contributed by atoms with van der Waals surface area (Å²) in [6.45, 7) is 0. The first-order chi connectivity index (χ1) is 11.8. The summed E-state index contributed by atoms with van der Waals surface area (Å²) in [6, 6.07) is 28.5. The molecule has 0 bridgehead atoms. The second kappa shape index (κ2) is 5.44. The molecule has 0 saturated carbocycles. The Hall–Kier alpha value is -2.16. The van der Waals surface area contributed by atoms with Crippen molar-refractivity contribution in [3.8, 4) is 11.1 Å². The SMILES string of the molecule is Brc1ccc(-c2ccc3c(c2)sc2c4ccccc4ccc32)cc1. The fourth-order valence-corrected chi connectivity index (χ4v) is 4.87. The number of benzene rings is 4. The Morgan fingerprint density at radius 2 is 1.38 bits per heavy atom. The van der Waals surface area contributed by atoms with Crippen molar-refractivity contribution in [2.24, 2.45) is 0 Å². The molecule has 0 fully saturated rings. The van der Waals surface area contributed by atoms with E-state index >= 15 is 0 Å². The van der Waals surface area contributed by atoms with Crippen molar-refractivity contribution in [1.82, 2.24) is 0 Å². The van der Waals surface area contributed by atoms with Crippen LogP contribution in [-0.2, 0) is 0 Å². The van der Waals surface area contributed by atoms with Gasteiger partial charge in [0.05, 0.1) is 0 Å². The van der Waals surface area contributed by atoms with Gasteiger partial charge in [0.1, 0.15) is 0 Å². The van der Waals surface area contributed by atoms with Gasteiger partial charge in [-0.3, -0.25) is 0 Å². The van der Waals surface area contributed by atoms with Crippen LogP contribution in [0.2, 0.25) is 0 Å². The molecule has 0 aliphatic carbocycles. The lowest BCUT2D eigenvalue weighted by molar-refractivity contribution is 1.62. The monoisotopic (exact) mass is 388 g/mol. The van der Waals surface area contributed by atoms with Gasteiger partial charge >= 0.3 is 0 Å². The maximum atomic E-state index is 3.51. The van der Waals surface area contributed by atoms with E-state index in [9.17, 15) is 0 Å². The molecule has 2 heteroatoms. The Kier molecular flexibility index (Phi) is 3.22. The molecule has 5 aromatic rings. The lowest BCUT2D eigenvalue weighted by atomic mass is 10.0. The van der Waals surface area contributed by atoms with E-state index in [0.29, 0.717) is 0 Å². The number of thiophene rings is 1. The first kappa shape index (κ1) is 14.2. The van der Waals surface area contributed by atoms with Crippen LogP contribution >= 0.6 is 27.3 Å². The van der Waals surface area contributed by atoms with Crippen molar-refractivity contribution in [3.63, 3.8) is 0 Å². The van der Waals surface area contributed by atoms with Gasteiger partial charge in [-0.1, -0.05) is 76.6 Å². The zero-order valence-electron chi connectivity index (χ0n) is 12.8. The third-order valence-corrected chi connectivity index (χ3v) is 6.27.